The van der Waals surface area contributed by atoms with E-state index in [1.54, 1.807) is 0 Å². The van der Waals surface area contributed by atoms with E-state index >= 15 is 0 Å². The lowest BCUT2D eigenvalue weighted by molar-refractivity contribution is -0.117. The summed E-state index contributed by atoms with van der Waals surface area (Å²) in [4.78, 5) is 14.1. The first kappa shape index (κ1) is 17.7. The summed E-state index contributed by atoms with van der Waals surface area (Å²) in [5.41, 5.74) is 0.687. The van der Waals surface area contributed by atoms with Gasteiger partial charge in [0, 0.05) is 12.6 Å². The number of aliphatic hydroxyl groups excluding tert-OH is 1. The van der Waals surface area contributed by atoms with Gasteiger partial charge in [-0.15, -0.1) is 0 Å². The minimum Gasteiger partial charge on any atom is -0.395 e. The van der Waals surface area contributed by atoms with E-state index < -0.39 is 0 Å². The molecule has 1 amide bonds. The number of aliphatic hydroxyl groups is 1. The molecule has 0 saturated carbocycles. The molecule has 6 nitrogen and oxygen atoms in total. The standard InChI is InChI=1S/C15H28N4O2/c1-6-7-18(8-9-20)11-14(21)16-13-10-12(2)17-19(13)15(3,4)5/h10,20H,6-9,11H2,1-5H3,(H,16,21). The fourth-order valence-corrected chi connectivity index (χ4v) is 2.21. The SMILES string of the molecule is CCCN(CCO)CC(=O)Nc1cc(C)nn1C(C)(C)C. The zero-order valence-corrected chi connectivity index (χ0v) is 13.8. The average molecular weight is 296 g/mol. The first-order valence-electron chi connectivity index (χ1n) is 7.48. The highest BCUT2D eigenvalue weighted by Crippen LogP contribution is 2.21. The van der Waals surface area contributed by atoms with Crippen LogP contribution in [0.25, 0.3) is 0 Å². The van der Waals surface area contributed by atoms with Crippen molar-refractivity contribution in [2.45, 2.75) is 46.6 Å². The number of nitrogens with zero attached hydrogens (tertiary/aromatic N) is 3. The van der Waals surface area contributed by atoms with E-state index in [0.717, 1.165) is 18.7 Å². The topological polar surface area (TPSA) is 70.4 Å². The molecule has 1 aromatic rings. The van der Waals surface area contributed by atoms with Crippen molar-refractivity contribution in [3.63, 3.8) is 0 Å². The Bertz CT molecular complexity index is 457. The number of aromatic nitrogens is 2. The molecule has 0 unspecified atom stereocenters. The third kappa shape index (κ3) is 5.47. The van der Waals surface area contributed by atoms with Crippen molar-refractivity contribution in [2.24, 2.45) is 0 Å². The summed E-state index contributed by atoms with van der Waals surface area (Å²) in [7, 11) is 0. The first-order chi connectivity index (χ1) is 9.77. The second-order valence-electron chi connectivity index (χ2n) is 6.30. The van der Waals surface area contributed by atoms with Crippen LogP contribution in [0.1, 0.15) is 39.8 Å². The molecular weight excluding hydrogens is 268 g/mol. The van der Waals surface area contributed by atoms with E-state index in [9.17, 15) is 4.79 Å². The van der Waals surface area contributed by atoms with Crippen LogP contribution in [0, 0.1) is 6.92 Å². The van der Waals surface area contributed by atoms with Crippen LogP contribution in [-0.2, 0) is 10.3 Å². The Labute approximate surface area is 127 Å². The van der Waals surface area contributed by atoms with Gasteiger partial charge in [-0.2, -0.15) is 5.10 Å². The summed E-state index contributed by atoms with van der Waals surface area (Å²) in [6.07, 6.45) is 0.951. The number of anilines is 1. The molecule has 120 valence electrons. The molecule has 1 rings (SSSR count). The van der Waals surface area contributed by atoms with Crippen LogP contribution < -0.4 is 5.32 Å². The van der Waals surface area contributed by atoms with Gasteiger partial charge >= 0.3 is 0 Å². The van der Waals surface area contributed by atoms with Crippen LogP contribution in [0.2, 0.25) is 0 Å². The van der Waals surface area contributed by atoms with Crippen molar-refractivity contribution >= 4 is 11.7 Å². The highest BCUT2D eigenvalue weighted by molar-refractivity contribution is 5.91. The molecule has 1 heterocycles. The molecule has 0 atom stereocenters. The number of aryl methyl sites for hydroxylation is 1. The van der Waals surface area contributed by atoms with Gasteiger partial charge in [-0.05, 0) is 40.7 Å². The molecular formula is C15H28N4O2. The maximum absolute atomic E-state index is 12.2. The van der Waals surface area contributed by atoms with Gasteiger partial charge in [0.05, 0.1) is 24.4 Å². The summed E-state index contributed by atoms with van der Waals surface area (Å²) >= 11 is 0. The maximum atomic E-state index is 12.2. The van der Waals surface area contributed by atoms with Crippen LogP contribution in [0.5, 0.6) is 0 Å². The Hall–Kier alpha value is -1.40. The van der Waals surface area contributed by atoms with Gasteiger partial charge in [0.15, 0.2) is 0 Å². The second-order valence-corrected chi connectivity index (χ2v) is 6.30. The molecule has 0 radical (unpaired) electrons. The maximum Gasteiger partial charge on any atom is 0.239 e. The van der Waals surface area contributed by atoms with Gasteiger partial charge < -0.3 is 10.4 Å². The van der Waals surface area contributed by atoms with Gasteiger partial charge in [-0.3, -0.25) is 9.69 Å². The fraction of sp³-hybridized carbons (Fsp3) is 0.733. The predicted octanol–water partition coefficient (Wildman–Crippen LogP) is 1.59. The largest absolute Gasteiger partial charge is 0.395 e. The summed E-state index contributed by atoms with van der Waals surface area (Å²) in [6, 6.07) is 1.87. The van der Waals surface area contributed by atoms with Crippen molar-refractivity contribution in [3.05, 3.63) is 11.8 Å². The van der Waals surface area contributed by atoms with Crippen molar-refractivity contribution < 1.29 is 9.90 Å². The summed E-state index contributed by atoms with van der Waals surface area (Å²) < 4.78 is 1.83. The van der Waals surface area contributed by atoms with Crippen LogP contribution >= 0.6 is 0 Å². The van der Waals surface area contributed by atoms with Gasteiger partial charge in [0.25, 0.3) is 0 Å². The van der Waals surface area contributed by atoms with Crippen molar-refractivity contribution in [3.8, 4) is 0 Å². The van der Waals surface area contributed by atoms with Gasteiger partial charge in [-0.25, -0.2) is 4.68 Å². The lowest BCUT2D eigenvalue weighted by atomic mass is 10.1. The summed E-state index contributed by atoms with van der Waals surface area (Å²) in [6.45, 7) is 11.8. The Morgan fingerprint density at radius 1 is 1.43 bits per heavy atom. The molecule has 21 heavy (non-hydrogen) atoms. The molecule has 0 aliphatic rings. The summed E-state index contributed by atoms with van der Waals surface area (Å²) in [5.74, 6) is 0.632. The van der Waals surface area contributed by atoms with Gasteiger partial charge in [0.2, 0.25) is 5.91 Å². The summed E-state index contributed by atoms with van der Waals surface area (Å²) in [5, 5.41) is 16.4. The van der Waals surface area contributed by atoms with Crippen molar-refractivity contribution in [1.82, 2.24) is 14.7 Å². The number of hydrogen-bond acceptors (Lipinski definition) is 4. The van der Waals surface area contributed by atoms with E-state index in [0.29, 0.717) is 12.4 Å². The molecule has 0 spiro atoms. The van der Waals surface area contributed by atoms with Crippen molar-refractivity contribution in [1.29, 1.82) is 0 Å². The van der Waals surface area contributed by atoms with Gasteiger partial charge in [-0.1, -0.05) is 6.92 Å². The third-order valence-electron chi connectivity index (χ3n) is 3.06. The number of carbonyl (C=O) groups excluding carboxylic acids is 1. The normalized spacial score (nSPS) is 12.0. The number of nitrogens with one attached hydrogen (secondary N) is 1. The molecule has 0 bridgehead atoms. The van der Waals surface area contributed by atoms with Gasteiger partial charge in [0.1, 0.15) is 5.82 Å². The number of carbonyl (C=O) groups is 1. The first-order valence-corrected chi connectivity index (χ1v) is 7.48. The molecule has 0 fully saturated rings. The molecule has 0 aromatic carbocycles. The molecule has 0 saturated heterocycles. The van der Waals surface area contributed by atoms with E-state index in [1.165, 1.54) is 0 Å². The smallest absolute Gasteiger partial charge is 0.239 e. The molecule has 6 heteroatoms. The highest BCUT2D eigenvalue weighted by Gasteiger charge is 2.20. The third-order valence-corrected chi connectivity index (χ3v) is 3.06. The predicted molar refractivity (Wildman–Crippen MR) is 84.4 cm³/mol. The van der Waals surface area contributed by atoms with Crippen LogP contribution in [0.15, 0.2) is 6.07 Å². The van der Waals surface area contributed by atoms with Crippen LogP contribution in [0.4, 0.5) is 5.82 Å². The lowest BCUT2D eigenvalue weighted by Crippen LogP contribution is -2.36. The van der Waals surface area contributed by atoms with E-state index in [-0.39, 0.29) is 24.6 Å². The monoisotopic (exact) mass is 296 g/mol. The van der Waals surface area contributed by atoms with E-state index in [1.807, 2.05) is 43.3 Å². The molecule has 0 aliphatic carbocycles. The fourth-order valence-electron chi connectivity index (χ4n) is 2.21. The average Bonchev–Trinajstić information content (AvgIpc) is 2.70. The Morgan fingerprint density at radius 3 is 2.62 bits per heavy atom. The number of amides is 1. The van der Waals surface area contributed by atoms with E-state index in [4.69, 9.17) is 5.11 Å². The minimum absolute atomic E-state index is 0.0618. The quantitative estimate of drug-likeness (QED) is 0.801. The Balaban J connectivity index is 2.74. The lowest BCUT2D eigenvalue weighted by Gasteiger charge is -2.23. The molecule has 1 aromatic heterocycles. The number of rotatable bonds is 7. The van der Waals surface area contributed by atoms with Crippen molar-refractivity contribution in [2.75, 3.05) is 31.6 Å². The molecule has 0 aliphatic heterocycles. The second kappa shape index (κ2) is 7.56. The molecule has 2 N–H and O–H groups in total. The van der Waals surface area contributed by atoms with Crippen LogP contribution in [0.3, 0.4) is 0 Å². The van der Waals surface area contributed by atoms with E-state index in [2.05, 4.69) is 17.3 Å². The zero-order chi connectivity index (χ0) is 16.0. The Morgan fingerprint density at radius 2 is 2.10 bits per heavy atom. The minimum atomic E-state index is -0.189. The highest BCUT2D eigenvalue weighted by atomic mass is 16.3. The van der Waals surface area contributed by atoms with Crippen LogP contribution in [-0.4, -0.2) is 51.9 Å². The Kier molecular flexibility index (Phi) is 6.36. The number of hydrogen-bond donors (Lipinski definition) is 2. The zero-order valence-electron chi connectivity index (χ0n) is 13.8.